The van der Waals surface area contributed by atoms with Crippen molar-refractivity contribution in [3.63, 3.8) is 0 Å². The normalized spacial score (nSPS) is 12.6. The lowest BCUT2D eigenvalue weighted by atomic mass is 10.1. The molecular formula is C24H18N4O3S2. The number of anilines is 1. The van der Waals surface area contributed by atoms with Crippen molar-refractivity contribution in [3.05, 3.63) is 94.3 Å². The number of aromatic nitrogens is 1. The smallest absolute Gasteiger partial charge is 0.269 e. The fourth-order valence-electron chi connectivity index (χ4n) is 3.65. The monoisotopic (exact) mass is 474 g/mol. The van der Waals surface area contributed by atoms with E-state index in [0.717, 1.165) is 42.6 Å². The van der Waals surface area contributed by atoms with Gasteiger partial charge in [0.15, 0.2) is 0 Å². The van der Waals surface area contributed by atoms with Gasteiger partial charge >= 0.3 is 0 Å². The largest absolute Gasteiger partial charge is 0.337 e. The van der Waals surface area contributed by atoms with Crippen molar-refractivity contribution in [3.8, 4) is 20.9 Å². The lowest BCUT2D eigenvalue weighted by molar-refractivity contribution is -0.384. The summed E-state index contributed by atoms with van der Waals surface area (Å²) in [6, 6.07) is 18.6. The van der Waals surface area contributed by atoms with Crippen molar-refractivity contribution in [2.75, 3.05) is 11.8 Å². The molecule has 1 amide bonds. The number of non-ortho nitro benzene ring substituents is 1. The predicted octanol–water partition coefficient (Wildman–Crippen LogP) is 6.09. The average Bonchev–Trinajstić information content (AvgIpc) is 3.43. The van der Waals surface area contributed by atoms with E-state index in [9.17, 15) is 14.9 Å². The minimum atomic E-state index is -0.411. The maximum absolute atomic E-state index is 12.1. The molecule has 3 heterocycles. The van der Waals surface area contributed by atoms with E-state index in [-0.39, 0.29) is 11.6 Å². The van der Waals surface area contributed by atoms with Crippen molar-refractivity contribution < 1.29 is 9.72 Å². The fourth-order valence-corrected chi connectivity index (χ4v) is 5.25. The van der Waals surface area contributed by atoms with Gasteiger partial charge in [0.1, 0.15) is 0 Å². The SMILES string of the molecule is CN1Cc2cc(-c3ccc(-c4cncc(NSc5ccc([N+](=O)[O-])cc5)c4)s3)ccc2C1=O. The van der Waals surface area contributed by atoms with Crippen molar-refractivity contribution >= 4 is 40.6 Å². The molecule has 0 saturated carbocycles. The van der Waals surface area contributed by atoms with Gasteiger partial charge in [0.25, 0.3) is 11.6 Å². The third-order valence-corrected chi connectivity index (χ3v) is 7.37. The predicted molar refractivity (Wildman–Crippen MR) is 131 cm³/mol. The highest BCUT2D eigenvalue weighted by atomic mass is 32.2. The minimum absolute atomic E-state index is 0.0681. The fraction of sp³-hybridized carbons (Fsp3) is 0.0833. The third kappa shape index (κ3) is 4.33. The zero-order valence-electron chi connectivity index (χ0n) is 17.5. The van der Waals surface area contributed by atoms with Gasteiger partial charge in [-0.1, -0.05) is 6.07 Å². The molecule has 0 radical (unpaired) electrons. The summed E-state index contributed by atoms with van der Waals surface area (Å²) in [4.78, 5) is 31.7. The second kappa shape index (κ2) is 8.68. The number of amides is 1. The highest BCUT2D eigenvalue weighted by Crippen LogP contribution is 2.37. The van der Waals surface area contributed by atoms with Crippen LogP contribution in [-0.2, 0) is 6.54 Å². The van der Waals surface area contributed by atoms with E-state index in [2.05, 4.69) is 27.9 Å². The minimum Gasteiger partial charge on any atom is -0.337 e. The number of fused-ring (bicyclic) bond motifs is 1. The van der Waals surface area contributed by atoms with Crippen molar-refractivity contribution in [1.29, 1.82) is 0 Å². The zero-order valence-corrected chi connectivity index (χ0v) is 19.2. The lowest BCUT2D eigenvalue weighted by Crippen LogP contribution is -2.17. The first-order valence-electron chi connectivity index (χ1n) is 10.1. The van der Waals surface area contributed by atoms with Crippen LogP contribution in [0.15, 0.2) is 78.0 Å². The Balaban J connectivity index is 1.31. The molecule has 0 unspecified atom stereocenters. The van der Waals surface area contributed by atoms with Gasteiger partial charge < -0.3 is 9.62 Å². The highest BCUT2D eigenvalue weighted by molar-refractivity contribution is 8.00. The van der Waals surface area contributed by atoms with Gasteiger partial charge in [-0.15, -0.1) is 11.3 Å². The molecule has 0 atom stereocenters. The van der Waals surface area contributed by atoms with Gasteiger partial charge in [-0.25, -0.2) is 0 Å². The Morgan fingerprint density at radius 2 is 1.79 bits per heavy atom. The van der Waals surface area contributed by atoms with E-state index >= 15 is 0 Å². The number of benzene rings is 2. The van der Waals surface area contributed by atoms with Crippen LogP contribution in [0.25, 0.3) is 20.9 Å². The summed E-state index contributed by atoms with van der Waals surface area (Å²) in [5, 5.41) is 10.8. The molecule has 2 aromatic carbocycles. The molecule has 7 nitrogen and oxygen atoms in total. The molecule has 0 saturated heterocycles. The van der Waals surface area contributed by atoms with Gasteiger partial charge in [0, 0.05) is 57.7 Å². The number of hydrogen-bond acceptors (Lipinski definition) is 7. The first-order valence-corrected chi connectivity index (χ1v) is 11.7. The Morgan fingerprint density at radius 3 is 2.55 bits per heavy atom. The van der Waals surface area contributed by atoms with Crippen molar-refractivity contribution in [1.82, 2.24) is 9.88 Å². The number of rotatable bonds is 6. The van der Waals surface area contributed by atoms with E-state index < -0.39 is 4.92 Å². The summed E-state index contributed by atoms with van der Waals surface area (Å²) in [5.74, 6) is 0.0744. The molecule has 1 aliphatic rings. The van der Waals surface area contributed by atoms with Crippen LogP contribution >= 0.6 is 23.3 Å². The van der Waals surface area contributed by atoms with Gasteiger partial charge in [-0.3, -0.25) is 19.9 Å². The number of carbonyl (C=O) groups excluding carboxylic acids is 1. The first-order chi connectivity index (χ1) is 16.0. The summed E-state index contributed by atoms with van der Waals surface area (Å²) in [7, 11) is 1.82. The second-order valence-corrected chi connectivity index (χ2v) is 9.58. The van der Waals surface area contributed by atoms with Crippen LogP contribution in [0.4, 0.5) is 11.4 Å². The van der Waals surface area contributed by atoms with Crippen LogP contribution < -0.4 is 4.72 Å². The highest BCUT2D eigenvalue weighted by Gasteiger charge is 2.24. The van der Waals surface area contributed by atoms with Crippen LogP contribution in [0.5, 0.6) is 0 Å². The maximum atomic E-state index is 12.1. The quantitative estimate of drug-likeness (QED) is 0.207. The van der Waals surface area contributed by atoms with Crippen LogP contribution in [0.1, 0.15) is 15.9 Å². The molecular weight excluding hydrogens is 456 g/mol. The summed E-state index contributed by atoms with van der Waals surface area (Å²) < 4.78 is 3.25. The molecule has 0 spiro atoms. The summed E-state index contributed by atoms with van der Waals surface area (Å²) in [5.41, 5.74) is 4.85. The molecule has 4 aromatic rings. The number of nitro groups is 1. The Labute approximate surface area is 198 Å². The lowest BCUT2D eigenvalue weighted by Gasteiger charge is -2.06. The number of hydrogen-bond donors (Lipinski definition) is 1. The molecule has 0 bridgehead atoms. The number of pyridine rings is 1. The topological polar surface area (TPSA) is 88.4 Å². The summed E-state index contributed by atoms with van der Waals surface area (Å²) >= 11 is 3.05. The Bertz CT molecular complexity index is 1370. The van der Waals surface area contributed by atoms with Crippen LogP contribution in [-0.4, -0.2) is 27.8 Å². The van der Waals surface area contributed by atoms with E-state index in [1.807, 2.05) is 31.4 Å². The van der Waals surface area contributed by atoms with Crippen molar-refractivity contribution in [2.45, 2.75) is 11.4 Å². The van der Waals surface area contributed by atoms with E-state index in [4.69, 9.17) is 0 Å². The molecule has 9 heteroatoms. The molecule has 164 valence electrons. The number of thiophene rings is 1. The number of carbonyl (C=O) groups is 1. The Kier molecular flexibility index (Phi) is 5.57. The maximum Gasteiger partial charge on any atom is 0.269 e. The summed E-state index contributed by atoms with van der Waals surface area (Å²) in [6.45, 7) is 0.643. The first kappa shape index (κ1) is 21.2. The van der Waals surface area contributed by atoms with E-state index in [1.165, 1.54) is 24.1 Å². The molecule has 0 fully saturated rings. The van der Waals surface area contributed by atoms with Gasteiger partial charge in [0.05, 0.1) is 16.8 Å². The Morgan fingerprint density at radius 1 is 1.03 bits per heavy atom. The standard InChI is InChI=1S/C24H18N4O3S2/c1-27-14-17-10-15(2-7-21(17)24(27)29)22-8-9-23(32-22)16-11-18(13-25-12-16)26-33-20-5-3-19(4-6-20)28(30)31/h2-13,26H,14H2,1H3. The third-order valence-electron chi connectivity index (χ3n) is 5.34. The summed E-state index contributed by atoms with van der Waals surface area (Å²) in [6.07, 6.45) is 3.57. The number of nitrogens with zero attached hydrogens (tertiary/aromatic N) is 3. The number of nitrogens with one attached hydrogen (secondary N) is 1. The van der Waals surface area contributed by atoms with Gasteiger partial charge in [-0.2, -0.15) is 0 Å². The van der Waals surface area contributed by atoms with E-state index in [1.54, 1.807) is 34.6 Å². The van der Waals surface area contributed by atoms with Gasteiger partial charge in [-0.05, 0) is 65.5 Å². The van der Waals surface area contributed by atoms with Crippen LogP contribution in [0, 0.1) is 10.1 Å². The molecule has 5 rings (SSSR count). The second-order valence-electron chi connectivity index (χ2n) is 7.61. The van der Waals surface area contributed by atoms with E-state index in [0.29, 0.717) is 6.54 Å². The molecule has 33 heavy (non-hydrogen) atoms. The molecule has 1 aliphatic heterocycles. The van der Waals surface area contributed by atoms with Crippen LogP contribution in [0.2, 0.25) is 0 Å². The average molecular weight is 475 g/mol. The molecule has 2 aromatic heterocycles. The zero-order chi connectivity index (χ0) is 22.9. The molecule has 1 N–H and O–H groups in total. The Hall–Kier alpha value is -3.69. The van der Waals surface area contributed by atoms with Gasteiger partial charge in [0.2, 0.25) is 0 Å². The molecule has 0 aliphatic carbocycles. The van der Waals surface area contributed by atoms with Crippen LogP contribution in [0.3, 0.4) is 0 Å². The number of nitro benzene ring substituents is 1. The van der Waals surface area contributed by atoms with Crippen molar-refractivity contribution in [2.24, 2.45) is 0 Å².